The summed E-state index contributed by atoms with van der Waals surface area (Å²) in [5.74, 6) is 1.05. The molecule has 1 N–H and O–H groups in total. The maximum atomic E-state index is 11.6. The summed E-state index contributed by atoms with van der Waals surface area (Å²) in [7, 11) is 3.51. The van der Waals surface area contributed by atoms with E-state index in [1.54, 1.807) is 12.0 Å². The molecule has 0 bridgehead atoms. The highest BCUT2D eigenvalue weighted by Crippen LogP contribution is 2.21. The lowest BCUT2D eigenvalue weighted by molar-refractivity contribution is -0.129. The van der Waals surface area contributed by atoms with Crippen molar-refractivity contribution < 1.29 is 9.53 Å². The first-order valence-electron chi connectivity index (χ1n) is 5.82. The molecule has 4 heteroatoms. The number of hydrogen-bond donors (Lipinski definition) is 1. The van der Waals surface area contributed by atoms with Crippen LogP contribution in [0.3, 0.4) is 0 Å². The standard InChI is InChI=1S/C13H18N2O2/c1-15-9-12(14-7-6-13(15)16)10-4-3-5-11(8-10)17-2/h3-5,8,12,14H,6-7,9H2,1-2H3. The third-order valence-corrected chi connectivity index (χ3v) is 3.11. The van der Waals surface area contributed by atoms with Gasteiger partial charge < -0.3 is 15.0 Å². The van der Waals surface area contributed by atoms with Crippen molar-refractivity contribution in [2.24, 2.45) is 0 Å². The van der Waals surface area contributed by atoms with Gasteiger partial charge in [-0.2, -0.15) is 0 Å². The summed E-state index contributed by atoms with van der Waals surface area (Å²) in [5, 5.41) is 3.39. The minimum Gasteiger partial charge on any atom is -0.497 e. The number of likely N-dealkylation sites (N-methyl/N-ethyl adjacent to an activating group) is 1. The number of nitrogens with one attached hydrogen (secondary N) is 1. The Morgan fingerprint density at radius 2 is 2.29 bits per heavy atom. The number of benzene rings is 1. The van der Waals surface area contributed by atoms with Crippen LogP contribution < -0.4 is 10.1 Å². The third-order valence-electron chi connectivity index (χ3n) is 3.11. The zero-order valence-corrected chi connectivity index (χ0v) is 10.3. The van der Waals surface area contributed by atoms with Crippen molar-refractivity contribution in [1.82, 2.24) is 10.2 Å². The zero-order valence-electron chi connectivity index (χ0n) is 10.3. The monoisotopic (exact) mass is 234 g/mol. The first-order chi connectivity index (χ1) is 8.20. The summed E-state index contributed by atoms with van der Waals surface area (Å²) in [6.07, 6.45) is 0.566. The second-order valence-corrected chi connectivity index (χ2v) is 4.31. The fourth-order valence-corrected chi connectivity index (χ4v) is 2.07. The van der Waals surface area contributed by atoms with Gasteiger partial charge in [0.25, 0.3) is 0 Å². The fraction of sp³-hybridized carbons (Fsp3) is 0.462. The number of methoxy groups -OCH3 is 1. The summed E-state index contributed by atoms with van der Waals surface area (Å²) >= 11 is 0. The molecule has 1 fully saturated rings. The van der Waals surface area contributed by atoms with Gasteiger partial charge in [-0.1, -0.05) is 12.1 Å². The molecule has 0 aliphatic carbocycles. The quantitative estimate of drug-likeness (QED) is 0.835. The largest absolute Gasteiger partial charge is 0.497 e. The van der Waals surface area contributed by atoms with Crippen molar-refractivity contribution in [1.29, 1.82) is 0 Å². The van der Waals surface area contributed by atoms with E-state index in [1.165, 1.54) is 0 Å². The van der Waals surface area contributed by atoms with Crippen molar-refractivity contribution >= 4 is 5.91 Å². The van der Waals surface area contributed by atoms with Crippen molar-refractivity contribution in [3.8, 4) is 5.75 Å². The van der Waals surface area contributed by atoms with E-state index >= 15 is 0 Å². The van der Waals surface area contributed by atoms with Gasteiger partial charge in [-0.25, -0.2) is 0 Å². The molecule has 0 spiro atoms. The van der Waals surface area contributed by atoms with Crippen molar-refractivity contribution in [2.45, 2.75) is 12.5 Å². The van der Waals surface area contributed by atoms with Gasteiger partial charge in [-0.15, -0.1) is 0 Å². The molecule has 1 unspecified atom stereocenters. The molecular weight excluding hydrogens is 216 g/mol. The molecule has 92 valence electrons. The lowest BCUT2D eigenvalue weighted by Crippen LogP contribution is -2.30. The molecule has 1 amide bonds. The maximum Gasteiger partial charge on any atom is 0.223 e. The molecule has 17 heavy (non-hydrogen) atoms. The van der Waals surface area contributed by atoms with E-state index in [4.69, 9.17) is 4.74 Å². The molecule has 1 aromatic rings. The zero-order chi connectivity index (χ0) is 12.3. The van der Waals surface area contributed by atoms with Gasteiger partial charge in [-0.3, -0.25) is 4.79 Å². The number of nitrogens with zero attached hydrogens (tertiary/aromatic N) is 1. The second kappa shape index (κ2) is 5.19. The molecule has 1 aromatic carbocycles. The summed E-state index contributed by atoms with van der Waals surface area (Å²) in [5.41, 5.74) is 1.16. The minimum atomic E-state index is 0.182. The van der Waals surface area contributed by atoms with Crippen LogP contribution in [0.25, 0.3) is 0 Å². The summed E-state index contributed by atoms with van der Waals surface area (Å²) in [4.78, 5) is 13.4. The topological polar surface area (TPSA) is 41.6 Å². The molecule has 4 nitrogen and oxygen atoms in total. The Balaban J connectivity index is 2.17. The molecule has 0 saturated carbocycles. The molecule has 2 rings (SSSR count). The first kappa shape index (κ1) is 11.9. The van der Waals surface area contributed by atoms with E-state index in [-0.39, 0.29) is 11.9 Å². The van der Waals surface area contributed by atoms with Crippen molar-refractivity contribution in [2.75, 3.05) is 27.2 Å². The number of ether oxygens (including phenoxy) is 1. The molecular formula is C13H18N2O2. The SMILES string of the molecule is COc1cccc(C2CN(C)C(=O)CCN2)c1. The maximum absolute atomic E-state index is 11.6. The van der Waals surface area contributed by atoms with E-state index < -0.39 is 0 Å². The van der Waals surface area contributed by atoms with Gasteiger partial charge in [0.2, 0.25) is 5.91 Å². The summed E-state index contributed by atoms with van der Waals surface area (Å²) < 4.78 is 5.22. The smallest absolute Gasteiger partial charge is 0.223 e. The lowest BCUT2D eigenvalue weighted by Gasteiger charge is -2.21. The number of amides is 1. The van der Waals surface area contributed by atoms with Crippen LogP contribution >= 0.6 is 0 Å². The van der Waals surface area contributed by atoms with Crippen LogP contribution in [0.5, 0.6) is 5.75 Å². The van der Waals surface area contributed by atoms with Crippen molar-refractivity contribution in [3.05, 3.63) is 29.8 Å². The highest BCUT2D eigenvalue weighted by atomic mass is 16.5. The number of carbonyl (C=O) groups excluding carboxylic acids is 1. The van der Waals surface area contributed by atoms with E-state index in [2.05, 4.69) is 11.4 Å². The van der Waals surface area contributed by atoms with E-state index in [0.29, 0.717) is 13.0 Å². The van der Waals surface area contributed by atoms with Crippen LogP contribution in [0.15, 0.2) is 24.3 Å². The van der Waals surface area contributed by atoms with E-state index in [0.717, 1.165) is 17.9 Å². The molecule has 1 aliphatic rings. The summed E-state index contributed by atoms with van der Waals surface area (Å²) in [6.45, 7) is 1.43. The van der Waals surface area contributed by atoms with Crippen LogP contribution in [-0.4, -0.2) is 38.1 Å². The normalized spacial score (nSPS) is 21.2. The van der Waals surface area contributed by atoms with Crippen LogP contribution in [0.1, 0.15) is 18.0 Å². The van der Waals surface area contributed by atoms with Gasteiger partial charge >= 0.3 is 0 Å². The van der Waals surface area contributed by atoms with Gasteiger partial charge in [0.05, 0.1) is 13.2 Å². The molecule has 0 aromatic heterocycles. The lowest BCUT2D eigenvalue weighted by atomic mass is 10.1. The Labute approximate surface area is 102 Å². The Morgan fingerprint density at radius 1 is 1.47 bits per heavy atom. The van der Waals surface area contributed by atoms with Crippen LogP contribution in [-0.2, 0) is 4.79 Å². The Hall–Kier alpha value is -1.55. The van der Waals surface area contributed by atoms with Gasteiger partial charge in [0, 0.05) is 26.6 Å². The van der Waals surface area contributed by atoms with Crippen LogP contribution in [0.4, 0.5) is 0 Å². The highest BCUT2D eigenvalue weighted by molar-refractivity contribution is 5.76. The van der Waals surface area contributed by atoms with Crippen LogP contribution in [0.2, 0.25) is 0 Å². The summed E-state index contributed by atoms with van der Waals surface area (Å²) in [6, 6.07) is 8.16. The molecule has 0 radical (unpaired) electrons. The van der Waals surface area contributed by atoms with Gasteiger partial charge in [0.15, 0.2) is 0 Å². The molecule has 1 atom stereocenters. The van der Waals surface area contributed by atoms with E-state index in [9.17, 15) is 4.79 Å². The number of rotatable bonds is 2. The Bertz CT molecular complexity index is 406. The van der Waals surface area contributed by atoms with Crippen LogP contribution in [0, 0.1) is 0 Å². The fourth-order valence-electron chi connectivity index (χ4n) is 2.07. The second-order valence-electron chi connectivity index (χ2n) is 4.31. The minimum absolute atomic E-state index is 0.182. The molecule has 1 aliphatic heterocycles. The highest BCUT2D eigenvalue weighted by Gasteiger charge is 2.21. The average Bonchev–Trinajstić information content (AvgIpc) is 2.52. The average molecular weight is 234 g/mol. The Morgan fingerprint density at radius 3 is 3.06 bits per heavy atom. The molecule has 1 heterocycles. The van der Waals surface area contributed by atoms with Gasteiger partial charge in [-0.05, 0) is 17.7 Å². The molecule has 1 saturated heterocycles. The Kier molecular flexibility index (Phi) is 3.64. The third kappa shape index (κ3) is 2.77. The number of carbonyl (C=O) groups is 1. The predicted molar refractivity (Wildman–Crippen MR) is 66.0 cm³/mol. The number of hydrogen-bond acceptors (Lipinski definition) is 3. The first-order valence-corrected chi connectivity index (χ1v) is 5.82. The predicted octanol–water partition coefficient (Wildman–Crippen LogP) is 1.19. The van der Waals surface area contributed by atoms with Gasteiger partial charge in [0.1, 0.15) is 5.75 Å². The van der Waals surface area contributed by atoms with E-state index in [1.807, 2.05) is 25.2 Å². The van der Waals surface area contributed by atoms with Crippen molar-refractivity contribution in [3.63, 3.8) is 0 Å².